The van der Waals surface area contributed by atoms with E-state index < -0.39 is 0 Å². The number of benzene rings is 1. The number of carbonyl (C=O) groups is 1. The molecule has 2 aromatic heterocycles. The van der Waals surface area contributed by atoms with Crippen LogP contribution in [0.15, 0.2) is 29.3 Å². The molecular weight excluding hydrogens is 378 g/mol. The third kappa shape index (κ3) is 3.73. The number of nitrogens with zero attached hydrogens (tertiary/aromatic N) is 2. The molecule has 3 aromatic rings. The number of thiophene rings is 1. The Morgan fingerprint density at radius 1 is 1.29 bits per heavy atom. The maximum absolute atomic E-state index is 12.8. The first kappa shape index (κ1) is 19.9. The van der Waals surface area contributed by atoms with Crippen molar-refractivity contribution >= 4 is 27.5 Å². The molecule has 2 heterocycles. The fourth-order valence-electron chi connectivity index (χ4n) is 3.08. The molecule has 1 atom stereocenters. The Labute approximate surface area is 166 Å². The van der Waals surface area contributed by atoms with Gasteiger partial charge in [-0.1, -0.05) is 0 Å². The summed E-state index contributed by atoms with van der Waals surface area (Å²) in [4.78, 5) is 31.4. The summed E-state index contributed by atoms with van der Waals surface area (Å²) in [5.74, 6) is 1.04. The van der Waals surface area contributed by atoms with Crippen molar-refractivity contribution in [1.29, 1.82) is 0 Å². The van der Waals surface area contributed by atoms with Crippen LogP contribution in [0.25, 0.3) is 10.2 Å². The highest BCUT2D eigenvalue weighted by Crippen LogP contribution is 2.29. The van der Waals surface area contributed by atoms with E-state index in [0.29, 0.717) is 21.7 Å². The second kappa shape index (κ2) is 8.02. The third-order valence-corrected chi connectivity index (χ3v) is 5.87. The van der Waals surface area contributed by atoms with Crippen molar-refractivity contribution in [1.82, 2.24) is 14.9 Å². The van der Waals surface area contributed by atoms with Gasteiger partial charge in [-0.05, 0) is 44.5 Å². The predicted molar refractivity (Wildman–Crippen MR) is 109 cm³/mol. The Balaban J connectivity index is 1.81. The summed E-state index contributed by atoms with van der Waals surface area (Å²) in [5, 5.41) is 3.49. The zero-order chi connectivity index (χ0) is 20.4. The van der Waals surface area contributed by atoms with E-state index >= 15 is 0 Å². The Kier molecular flexibility index (Phi) is 5.69. The molecule has 8 heteroatoms. The quantitative estimate of drug-likeness (QED) is 0.687. The van der Waals surface area contributed by atoms with E-state index in [-0.39, 0.29) is 24.1 Å². The average molecular weight is 401 g/mol. The summed E-state index contributed by atoms with van der Waals surface area (Å²) in [5.41, 5.74) is 1.51. The number of nitrogens with one attached hydrogen (secondary N) is 1. The topological polar surface area (TPSA) is 82.4 Å². The minimum absolute atomic E-state index is 0.104. The molecule has 7 nitrogen and oxygen atoms in total. The van der Waals surface area contributed by atoms with Crippen LogP contribution in [-0.4, -0.2) is 29.7 Å². The molecule has 28 heavy (non-hydrogen) atoms. The highest BCUT2D eigenvalue weighted by atomic mass is 32.1. The molecule has 0 unspecified atom stereocenters. The molecule has 0 aliphatic heterocycles. The van der Waals surface area contributed by atoms with Gasteiger partial charge in [0.25, 0.3) is 5.56 Å². The van der Waals surface area contributed by atoms with Gasteiger partial charge in [0, 0.05) is 10.4 Å². The lowest BCUT2D eigenvalue weighted by molar-refractivity contribution is -0.122. The van der Waals surface area contributed by atoms with Crippen LogP contribution in [-0.2, 0) is 11.3 Å². The van der Waals surface area contributed by atoms with Gasteiger partial charge in [0.05, 0.1) is 32.0 Å². The number of hydrogen-bond donors (Lipinski definition) is 1. The predicted octanol–water partition coefficient (Wildman–Crippen LogP) is 2.97. The van der Waals surface area contributed by atoms with Crippen LogP contribution in [0.2, 0.25) is 0 Å². The molecule has 0 spiro atoms. The molecule has 0 fully saturated rings. The van der Waals surface area contributed by atoms with Gasteiger partial charge in [0.2, 0.25) is 5.91 Å². The maximum Gasteiger partial charge on any atom is 0.262 e. The van der Waals surface area contributed by atoms with E-state index in [2.05, 4.69) is 10.3 Å². The van der Waals surface area contributed by atoms with Crippen LogP contribution < -0.4 is 20.3 Å². The van der Waals surface area contributed by atoms with Crippen molar-refractivity contribution in [3.63, 3.8) is 0 Å². The summed E-state index contributed by atoms with van der Waals surface area (Å²) in [6.45, 7) is 5.61. The van der Waals surface area contributed by atoms with Gasteiger partial charge in [-0.3, -0.25) is 14.2 Å². The number of carbonyl (C=O) groups excluding carboxylic acids is 1. The highest BCUT2D eigenvalue weighted by Gasteiger charge is 2.17. The summed E-state index contributed by atoms with van der Waals surface area (Å²) in [6, 6.07) is 5.08. The second-order valence-electron chi connectivity index (χ2n) is 6.54. The standard InChI is InChI=1S/C20H23N3O4S/c1-11-13(3)28-19-18(11)20(25)23(10-21-19)9-17(24)22-12(2)15-8-14(26-4)6-7-16(15)27-5/h6-8,10,12H,9H2,1-5H3,(H,22,24)/t12-/m1/s1. The lowest BCUT2D eigenvalue weighted by atomic mass is 10.1. The number of ether oxygens (including phenoxy) is 2. The Hall–Kier alpha value is -2.87. The van der Waals surface area contributed by atoms with E-state index in [1.165, 1.54) is 22.2 Å². The van der Waals surface area contributed by atoms with Crippen LogP contribution in [0.4, 0.5) is 0 Å². The number of aryl methyl sites for hydroxylation is 2. The van der Waals surface area contributed by atoms with Crippen LogP contribution in [0.1, 0.15) is 29.0 Å². The summed E-state index contributed by atoms with van der Waals surface area (Å²) < 4.78 is 12.0. The Morgan fingerprint density at radius 3 is 2.71 bits per heavy atom. The lowest BCUT2D eigenvalue weighted by Gasteiger charge is -2.18. The zero-order valence-electron chi connectivity index (χ0n) is 16.5. The monoisotopic (exact) mass is 401 g/mol. The normalized spacial score (nSPS) is 12.0. The first-order valence-corrected chi connectivity index (χ1v) is 9.63. The van der Waals surface area contributed by atoms with Gasteiger partial charge < -0.3 is 14.8 Å². The Morgan fingerprint density at radius 2 is 2.04 bits per heavy atom. The number of methoxy groups -OCH3 is 2. The van der Waals surface area contributed by atoms with E-state index in [1.807, 2.05) is 26.8 Å². The smallest absolute Gasteiger partial charge is 0.262 e. The van der Waals surface area contributed by atoms with E-state index in [1.54, 1.807) is 26.4 Å². The highest BCUT2D eigenvalue weighted by molar-refractivity contribution is 7.18. The third-order valence-electron chi connectivity index (χ3n) is 4.75. The maximum atomic E-state index is 12.8. The molecule has 0 saturated heterocycles. The SMILES string of the molecule is COc1ccc(OC)c([C@@H](C)NC(=O)Cn2cnc3sc(C)c(C)c3c2=O)c1. The van der Waals surface area contributed by atoms with Gasteiger partial charge in [0.15, 0.2) is 0 Å². The molecular formula is C20H23N3O4S. The van der Waals surface area contributed by atoms with Crippen LogP contribution in [0, 0.1) is 13.8 Å². The first-order valence-electron chi connectivity index (χ1n) is 8.82. The van der Waals surface area contributed by atoms with Gasteiger partial charge >= 0.3 is 0 Å². The molecule has 1 aromatic carbocycles. The summed E-state index contributed by atoms with van der Waals surface area (Å²) in [7, 11) is 3.16. The molecule has 148 valence electrons. The summed E-state index contributed by atoms with van der Waals surface area (Å²) in [6.07, 6.45) is 1.43. The molecule has 1 N–H and O–H groups in total. The van der Waals surface area contributed by atoms with E-state index in [9.17, 15) is 9.59 Å². The van der Waals surface area contributed by atoms with Crippen LogP contribution in [0.5, 0.6) is 11.5 Å². The number of aromatic nitrogens is 2. The van der Waals surface area contributed by atoms with E-state index in [4.69, 9.17) is 9.47 Å². The van der Waals surface area contributed by atoms with Gasteiger partial charge in [-0.25, -0.2) is 4.98 Å². The largest absolute Gasteiger partial charge is 0.497 e. The summed E-state index contributed by atoms with van der Waals surface area (Å²) >= 11 is 1.49. The van der Waals surface area contributed by atoms with Crippen molar-refractivity contribution < 1.29 is 14.3 Å². The van der Waals surface area contributed by atoms with Crippen molar-refractivity contribution in [2.24, 2.45) is 0 Å². The average Bonchev–Trinajstić information content (AvgIpc) is 2.98. The number of fused-ring (bicyclic) bond motifs is 1. The molecule has 0 aliphatic carbocycles. The first-order chi connectivity index (χ1) is 13.3. The molecule has 0 radical (unpaired) electrons. The molecule has 0 saturated carbocycles. The second-order valence-corrected chi connectivity index (χ2v) is 7.74. The molecule has 0 bridgehead atoms. The molecule has 3 rings (SSSR count). The van der Waals surface area contributed by atoms with Gasteiger partial charge in [0.1, 0.15) is 22.9 Å². The van der Waals surface area contributed by atoms with Crippen LogP contribution in [0.3, 0.4) is 0 Å². The van der Waals surface area contributed by atoms with Crippen molar-refractivity contribution in [2.45, 2.75) is 33.4 Å². The van der Waals surface area contributed by atoms with Gasteiger partial charge in [-0.2, -0.15) is 0 Å². The minimum Gasteiger partial charge on any atom is -0.497 e. The van der Waals surface area contributed by atoms with Crippen molar-refractivity contribution in [3.05, 3.63) is 50.9 Å². The molecule has 1 amide bonds. The number of amides is 1. The number of rotatable bonds is 6. The number of hydrogen-bond acceptors (Lipinski definition) is 6. The van der Waals surface area contributed by atoms with E-state index in [0.717, 1.165) is 16.0 Å². The van der Waals surface area contributed by atoms with Gasteiger partial charge in [-0.15, -0.1) is 11.3 Å². The van der Waals surface area contributed by atoms with Crippen molar-refractivity contribution in [2.75, 3.05) is 14.2 Å². The lowest BCUT2D eigenvalue weighted by Crippen LogP contribution is -2.34. The van der Waals surface area contributed by atoms with Crippen LogP contribution >= 0.6 is 11.3 Å². The molecule has 0 aliphatic rings. The zero-order valence-corrected chi connectivity index (χ0v) is 17.3. The fourth-order valence-corrected chi connectivity index (χ4v) is 4.07. The minimum atomic E-state index is -0.324. The Bertz CT molecular complexity index is 1090. The van der Waals surface area contributed by atoms with Crippen molar-refractivity contribution in [3.8, 4) is 11.5 Å². The fraction of sp³-hybridized carbons (Fsp3) is 0.350.